The fourth-order valence-electron chi connectivity index (χ4n) is 1.10. The third kappa shape index (κ3) is 3.34. The molecule has 0 spiro atoms. The second kappa shape index (κ2) is 4.79. The van der Waals surface area contributed by atoms with Crippen molar-refractivity contribution < 1.29 is 17.6 Å². The van der Waals surface area contributed by atoms with Gasteiger partial charge in [0.05, 0.1) is 5.56 Å². The van der Waals surface area contributed by atoms with Crippen LogP contribution >= 0.6 is 15.9 Å². The van der Waals surface area contributed by atoms with Gasteiger partial charge in [-0.1, -0.05) is 28.1 Å². The number of benzene rings is 1. The van der Waals surface area contributed by atoms with E-state index in [0.717, 1.165) is 18.2 Å². The second-order valence-electron chi connectivity index (χ2n) is 2.79. The van der Waals surface area contributed by atoms with Crippen molar-refractivity contribution in [3.63, 3.8) is 0 Å². The molecule has 0 aromatic heterocycles. The highest BCUT2D eigenvalue weighted by molar-refractivity contribution is 9.09. The van der Waals surface area contributed by atoms with Crippen LogP contribution in [0, 0.1) is 5.82 Å². The molecule has 0 heterocycles. The van der Waals surface area contributed by atoms with Crippen molar-refractivity contribution in [1.82, 2.24) is 0 Å². The molecule has 0 saturated heterocycles. The van der Waals surface area contributed by atoms with Crippen molar-refractivity contribution in [2.75, 3.05) is 5.33 Å². The highest BCUT2D eigenvalue weighted by Crippen LogP contribution is 2.32. The van der Waals surface area contributed by atoms with Crippen LogP contribution in [-0.4, -0.2) is 5.33 Å². The van der Waals surface area contributed by atoms with E-state index >= 15 is 0 Å². The summed E-state index contributed by atoms with van der Waals surface area (Å²) in [4.78, 5) is 0. The van der Waals surface area contributed by atoms with Gasteiger partial charge in [0.25, 0.3) is 0 Å². The molecule has 0 saturated carbocycles. The number of hydrogen-bond acceptors (Lipinski definition) is 0. The van der Waals surface area contributed by atoms with Crippen molar-refractivity contribution in [3.05, 3.63) is 41.2 Å². The van der Waals surface area contributed by atoms with Crippen LogP contribution in [0.4, 0.5) is 17.6 Å². The normalized spacial score (nSPS) is 12.3. The van der Waals surface area contributed by atoms with Gasteiger partial charge in [-0.2, -0.15) is 13.2 Å². The Balaban J connectivity index is 3.21. The van der Waals surface area contributed by atoms with E-state index in [9.17, 15) is 17.6 Å². The van der Waals surface area contributed by atoms with Crippen LogP contribution in [0.3, 0.4) is 0 Å². The molecule has 5 heteroatoms. The van der Waals surface area contributed by atoms with Gasteiger partial charge in [-0.05, 0) is 23.8 Å². The molecule has 0 unspecified atom stereocenters. The fourth-order valence-corrected chi connectivity index (χ4v) is 1.29. The summed E-state index contributed by atoms with van der Waals surface area (Å²) in [5.41, 5.74) is -0.997. The Bertz CT molecular complexity index is 368. The predicted octanol–water partition coefficient (Wildman–Crippen LogP) is 4.25. The van der Waals surface area contributed by atoms with Gasteiger partial charge in [-0.25, -0.2) is 4.39 Å². The minimum atomic E-state index is -4.46. The number of alkyl halides is 4. The lowest BCUT2D eigenvalue weighted by atomic mass is 10.1. The van der Waals surface area contributed by atoms with Gasteiger partial charge in [0.15, 0.2) is 0 Å². The first kappa shape index (κ1) is 12.2. The van der Waals surface area contributed by atoms with Crippen molar-refractivity contribution >= 4 is 22.0 Å². The molecule has 0 aliphatic carbocycles. The molecule has 82 valence electrons. The molecule has 1 aromatic carbocycles. The second-order valence-corrected chi connectivity index (χ2v) is 3.43. The number of allylic oxidation sites excluding steroid dienone is 1. The molecule has 0 aliphatic heterocycles. The Morgan fingerprint density at radius 3 is 2.47 bits per heavy atom. The summed E-state index contributed by atoms with van der Waals surface area (Å²) in [6.07, 6.45) is -1.75. The summed E-state index contributed by atoms with van der Waals surface area (Å²) < 4.78 is 50.1. The summed E-state index contributed by atoms with van der Waals surface area (Å²) in [6, 6.07) is 2.40. The highest BCUT2D eigenvalue weighted by Gasteiger charge is 2.32. The topological polar surface area (TPSA) is 0 Å². The zero-order valence-corrected chi connectivity index (χ0v) is 9.07. The van der Waals surface area contributed by atoms with Gasteiger partial charge in [0, 0.05) is 5.33 Å². The van der Waals surface area contributed by atoms with Gasteiger partial charge in [0.2, 0.25) is 0 Å². The molecule has 0 atom stereocenters. The average Bonchev–Trinajstić information content (AvgIpc) is 2.12. The van der Waals surface area contributed by atoms with Gasteiger partial charge >= 0.3 is 6.18 Å². The highest BCUT2D eigenvalue weighted by atomic mass is 79.9. The molecule has 0 fully saturated rings. The number of rotatable bonds is 2. The molecule has 1 rings (SSSR count). The molecule has 0 bridgehead atoms. The van der Waals surface area contributed by atoms with E-state index in [2.05, 4.69) is 15.9 Å². The Labute approximate surface area is 92.7 Å². The van der Waals surface area contributed by atoms with Gasteiger partial charge in [-0.3, -0.25) is 0 Å². The van der Waals surface area contributed by atoms with Gasteiger partial charge < -0.3 is 0 Å². The Hall–Kier alpha value is -0.840. The average molecular weight is 283 g/mol. The molecular weight excluding hydrogens is 276 g/mol. The fraction of sp³-hybridized carbons (Fsp3) is 0.200. The maximum Gasteiger partial charge on any atom is 0.416 e. The maximum atomic E-state index is 12.7. The lowest BCUT2D eigenvalue weighted by molar-refractivity contribution is -0.137. The van der Waals surface area contributed by atoms with Crippen LogP contribution in [0.1, 0.15) is 11.1 Å². The minimum Gasteiger partial charge on any atom is -0.207 e. The van der Waals surface area contributed by atoms with Crippen LogP contribution in [0.25, 0.3) is 6.08 Å². The first-order valence-electron chi connectivity index (χ1n) is 4.04. The van der Waals surface area contributed by atoms with Gasteiger partial charge in [0.1, 0.15) is 5.82 Å². The van der Waals surface area contributed by atoms with Crippen LogP contribution in [-0.2, 0) is 6.18 Å². The monoisotopic (exact) mass is 282 g/mol. The summed E-state index contributed by atoms with van der Waals surface area (Å²) in [5, 5.41) is 0.417. The Morgan fingerprint density at radius 1 is 1.27 bits per heavy atom. The number of halogens is 5. The van der Waals surface area contributed by atoms with E-state index in [4.69, 9.17) is 0 Å². The maximum absolute atomic E-state index is 12.7. The molecule has 0 radical (unpaired) electrons. The lowest BCUT2D eigenvalue weighted by Gasteiger charge is -2.09. The van der Waals surface area contributed by atoms with Crippen LogP contribution in [0.5, 0.6) is 0 Å². The third-order valence-corrected chi connectivity index (χ3v) is 2.08. The molecule has 0 amide bonds. The Kier molecular flexibility index (Phi) is 3.90. The smallest absolute Gasteiger partial charge is 0.207 e. The predicted molar refractivity (Wildman–Crippen MR) is 54.2 cm³/mol. The molecular formula is C10H7BrF4. The van der Waals surface area contributed by atoms with Crippen LogP contribution in [0.2, 0.25) is 0 Å². The van der Waals surface area contributed by atoms with Crippen molar-refractivity contribution in [3.8, 4) is 0 Å². The third-order valence-electron chi connectivity index (χ3n) is 1.71. The SMILES string of the molecule is Fc1ccc(C(F)(F)F)c(C=CCBr)c1. The summed E-state index contributed by atoms with van der Waals surface area (Å²) in [6.45, 7) is 0. The van der Waals surface area contributed by atoms with E-state index in [-0.39, 0.29) is 5.56 Å². The van der Waals surface area contributed by atoms with E-state index in [1.54, 1.807) is 0 Å². The van der Waals surface area contributed by atoms with Crippen molar-refractivity contribution in [2.45, 2.75) is 6.18 Å². The standard InChI is InChI=1S/C10H7BrF4/c11-5-1-2-7-6-8(12)3-4-9(7)10(13,14)15/h1-4,6H,5H2. The quantitative estimate of drug-likeness (QED) is 0.562. The molecule has 0 N–H and O–H groups in total. The van der Waals surface area contributed by atoms with Crippen molar-refractivity contribution in [2.24, 2.45) is 0 Å². The van der Waals surface area contributed by atoms with E-state index in [0.29, 0.717) is 5.33 Å². The minimum absolute atomic E-state index is 0.165. The van der Waals surface area contributed by atoms with E-state index < -0.39 is 17.6 Å². The summed E-state index contributed by atoms with van der Waals surface area (Å²) in [7, 11) is 0. The first-order chi connectivity index (χ1) is 6.95. The Morgan fingerprint density at radius 2 is 1.93 bits per heavy atom. The van der Waals surface area contributed by atoms with Gasteiger partial charge in [-0.15, -0.1) is 0 Å². The van der Waals surface area contributed by atoms with Crippen LogP contribution in [0.15, 0.2) is 24.3 Å². The lowest BCUT2D eigenvalue weighted by Crippen LogP contribution is -2.07. The molecule has 1 aromatic rings. The molecule has 0 aliphatic rings. The first-order valence-corrected chi connectivity index (χ1v) is 5.16. The summed E-state index contributed by atoms with van der Waals surface area (Å²) >= 11 is 3.04. The zero-order valence-electron chi connectivity index (χ0n) is 7.48. The molecule has 0 nitrogen and oxygen atoms in total. The summed E-state index contributed by atoms with van der Waals surface area (Å²) in [5.74, 6) is -0.683. The zero-order chi connectivity index (χ0) is 11.5. The van der Waals surface area contributed by atoms with Crippen LogP contribution < -0.4 is 0 Å². The molecule has 15 heavy (non-hydrogen) atoms. The van der Waals surface area contributed by atoms with Crippen molar-refractivity contribution in [1.29, 1.82) is 0 Å². The number of hydrogen-bond donors (Lipinski definition) is 0. The van der Waals surface area contributed by atoms with E-state index in [1.165, 1.54) is 12.2 Å². The van der Waals surface area contributed by atoms with E-state index in [1.807, 2.05) is 0 Å². The largest absolute Gasteiger partial charge is 0.416 e.